The topological polar surface area (TPSA) is 12.4 Å². The van der Waals surface area contributed by atoms with Crippen LogP contribution in [0.2, 0.25) is 0 Å². The highest BCUT2D eigenvalue weighted by Gasteiger charge is 2.24. The number of aliphatic imine (C=N–C) groups is 1. The second kappa shape index (κ2) is 2.54. The van der Waals surface area contributed by atoms with Crippen molar-refractivity contribution in [3.05, 3.63) is 0 Å². The third-order valence-corrected chi connectivity index (χ3v) is 3.28. The molecular weight excluding hydrogens is 150 g/mol. The molecule has 1 rings (SSSR count). The molecule has 1 heterocycles. The predicted molar refractivity (Wildman–Crippen MR) is 47.5 cm³/mol. The van der Waals surface area contributed by atoms with Crippen LogP contribution in [0.4, 0.5) is 0 Å². The van der Waals surface area contributed by atoms with E-state index in [1.807, 2.05) is 11.8 Å². The summed E-state index contributed by atoms with van der Waals surface area (Å²) in [5.74, 6) is 1.11. The van der Waals surface area contributed by atoms with Crippen molar-refractivity contribution >= 4 is 28.6 Å². The third-order valence-electron chi connectivity index (χ3n) is 1.18. The Labute approximate surface area is 64.7 Å². The van der Waals surface area contributed by atoms with Crippen LogP contribution in [-0.2, 0) is 0 Å². The summed E-state index contributed by atoms with van der Waals surface area (Å²) < 4.78 is 0. The Balaban J connectivity index is 2.61. The molecule has 0 aromatic carbocycles. The van der Waals surface area contributed by atoms with Crippen LogP contribution in [-0.4, -0.2) is 21.9 Å². The molecule has 0 radical (unpaired) electrons. The fraction of sp³-hybridized carbons (Fsp3) is 0.833. The summed E-state index contributed by atoms with van der Waals surface area (Å²) in [5.41, 5.74) is 0. The third kappa shape index (κ3) is 1.90. The van der Waals surface area contributed by atoms with Crippen molar-refractivity contribution in [3.63, 3.8) is 0 Å². The Morgan fingerprint density at radius 2 is 2.33 bits per heavy atom. The highest BCUT2D eigenvalue weighted by atomic mass is 32.2. The molecule has 0 aromatic rings. The zero-order valence-corrected chi connectivity index (χ0v) is 7.60. The smallest absolute Gasteiger partial charge is 0.101 e. The molecule has 0 saturated heterocycles. The molecule has 1 aliphatic rings. The van der Waals surface area contributed by atoms with Gasteiger partial charge in [0, 0.05) is 5.75 Å². The Morgan fingerprint density at radius 1 is 1.67 bits per heavy atom. The lowest BCUT2D eigenvalue weighted by Crippen LogP contribution is -2.04. The second-order valence-corrected chi connectivity index (χ2v) is 4.90. The van der Waals surface area contributed by atoms with E-state index < -0.39 is 0 Å². The first-order valence-corrected chi connectivity index (χ1v) is 5.12. The van der Waals surface area contributed by atoms with E-state index in [0.717, 1.165) is 5.75 Å². The second-order valence-electron chi connectivity index (χ2n) is 2.45. The van der Waals surface area contributed by atoms with E-state index in [4.69, 9.17) is 0 Å². The van der Waals surface area contributed by atoms with Crippen molar-refractivity contribution in [2.45, 2.75) is 18.7 Å². The van der Waals surface area contributed by atoms with Crippen LogP contribution in [0.3, 0.4) is 0 Å². The lowest BCUT2D eigenvalue weighted by molar-refractivity contribution is 0.775. The van der Waals surface area contributed by atoms with Crippen LogP contribution in [0.25, 0.3) is 0 Å². The highest BCUT2D eigenvalue weighted by Crippen LogP contribution is 2.33. The van der Waals surface area contributed by atoms with Gasteiger partial charge in [-0.05, 0) is 20.1 Å². The highest BCUT2D eigenvalue weighted by molar-refractivity contribution is 8.16. The standard InChI is InChI=1S/C6H11NS2/c1-6(2)7-5(8-3)4-9-6/h4H2,1-3H3. The van der Waals surface area contributed by atoms with Gasteiger partial charge in [-0.3, -0.25) is 4.99 Å². The summed E-state index contributed by atoms with van der Waals surface area (Å²) in [5, 5.41) is 1.28. The minimum Gasteiger partial charge on any atom is -0.265 e. The van der Waals surface area contributed by atoms with Crippen LogP contribution in [0, 0.1) is 0 Å². The molecule has 1 nitrogen and oxygen atoms in total. The molecule has 0 atom stereocenters. The van der Waals surface area contributed by atoms with Crippen LogP contribution >= 0.6 is 23.5 Å². The lowest BCUT2D eigenvalue weighted by Gasteiger charge is -2.09. The molecule has 52 valence electrons. The zero-order chi connectivity index (χ0) is 6.91. The van der Waals surface area contributed by atoms with Gasteiger partial charge in [0.05, 0.1) is 5.04 Å². The van der Waals surface area contributed by atoms with Crippen molar-refractivity contribution in [3.8, 4) is 0 Å². The van der Waals surface area contributed by atoms with Gasteiger partial charge >= 0.3 is 0 Å². The van der Waals surface area contributed by atoms with Crippen molar-refractivity contribution in [2.75, 3.05) is 12.0 Å². The maximum absolute atomic E-state index is 4.48. The average molecular weight is 161 g/mol. The summed E-state index contributed by atoms with van der Waals surface area (Å²) in [6.45, 7) is 4.31. The molecule has 0 amide bonds. The van der Waals surface area contributed by atoms with E-state index in [0.29, 0.717) is 0 Å². The molecule has 0 N–H and O–H groups in total. The number of nitrogens with zero attached hydrogens (tertiary/aromatic N) is 1. The molecule has 0 spiro atoms. The maximum atomic E-state index is 4.48. The molecule has 9 heavy (non-hydrogen) atoms. The van der Waals surface area contributed by atoms with Gasteiger partial charge < -0.3 is 0 Å². The zero-order valence-electron chi connectivity index (χ0n) is 5.97. The first kappa shape index (κ1) is 7.48. The Kier molecular flexibility index (Phi) is 2.11. The normalized spacial score (nSPS) is 24.1. The van der Waals surface area contributed by atoms with Gasteiger partial charge in [-0.25, -0.2) is 0 Å². The Hall–Kier alpha value is 0.370. The van der Waals surface area contributed by atoms with Crippen LogP contribution in [0.1, 0.15) is 13.8 Å². The summed E-state index contributed by atoms with van der Waals surface area (Å²) >= 11 is 3.67. The van der Waals surface area contributed by atoms with Crippen molar-refractivity contribution < 1.29 is 0 Å². The van der Waals surface area contributed by atoms with Crippen molar-refractivity contribution in [1.29, 1.82) is 0 Å². The van der Waals surface area contributed by atoms with Crippen molar-refractivity contribution in [2.24, 2.45) is 4.99 Å². The quantitative estimate of drug-likeness (QED) is 0.540. The molecule has 0 aliphatic carbocycles. The minimum absolute atomic E-state index is 0.151. The molecule has 1 aliphatic heterocycles. The van der Waals surface area contributed by atoms with Gasteiger partial charge in [0.15, 0.2) is 0 Å². The fourth-order valence-corrected chi connectivity index (χ4v) is 2.45. The molecular formula is C6H11NS2. The Morgan fingerprint density at radius 3 is 2.56 bits per heavy atom. The van der Waals surface area contributed by atoms with Gasteiger partial charge in [0.2, 0.25) is 0 Å². The number of thioether (sulfide) groups is 2. The predicted octanol–water partition coefficient (Wildman–Crippen LogP) is 2.23. The van der Waals surface area contributed by atoms with Crippen LogP contribution in [0.15, 0.2) is 4.99 Å². The van der Waals surface area contributed by atoms with E-state index in [9.17, 15) is 0 Å². The van der Waals surface area contributed by atoms with E-state index in [2.05, 4.69) is 25.1 Å². The van der Waals surface area contributed by atoms with Crippen LogP contribution in [0.5, 0.6) is 0 Å². The van der Waals surface area contributed by atoms with E-state index in [1.165, 1.54) is 5.04 Å². The maximum Gasteiger partial charge on any atom is 0.101 e. The number of hydrogen-bond donors (Lipinski definition) is 0. The number of hydrogen-bond acceptors (Lipinski definition) is 3. The summed E-state index contributed by atoms with van der Waals surface area (Å²) in [6, 6.07) is 0. The average Bonchev–Trinajstić information content (AvgIpc) is 2.10. The van der Waals surface area contributed by atoms with Crippen molar-refractivity contribution in [1.82, 2.24) is 0 Å². The molecule has 0 aromatic heterocycles. The summed E-state index contributed by atoms with van der Waals surface area (Å²) in [4.78, 5) is 4.63. The fourth-order valence-electron chi connectivity index (χ4n) is 0.708. The van der Waals surface area contributed by atoms with Crippen LogP contribution < -0.4 is 0 Å². The first-order chi connectivity index (χ1) is 4.14. The van der Waals surface area contributed by atoms with E-state index >= 15 is 0 Å². The summed E-state index contributed by atoms with van der Waals surface area (Å²) in [7, 11) is 0. The Bertz CT molecular complexity index is 140. The monoisotopic (exact) mass is 161 g/mol. The molecule has 0 unspecified atom stereocenters. The van der Waals surface area contributed by atoms with Gasteiger partial charge in [-0.2, -0.15) is 0 Å². The lowest BCUT2D eigenvalue weighted by atomic mass is 10.4. The van der Waals surface area contributed by atoms with E-state index in [1.54, 1.807) is 11.8 Å². The van der Waals surface area contributed by atoms with Gasteiger partial charge in [0.1, 0.15) is 4.87 Å². The SMILES string of the molecule is CSC1=NC(C)(C)SC1. The van der Waals surface area contributed by atoms with E-state index in [-0.39, 0.29) is 4.87 Å². The molecule has 0 bridgehead atoms. The molecule has 0 saturated carbocycles. The van der Waals surface area contributed by atoms with Gasteiger partial charge in [0.25, 0.3) is 0 Å². The molecule has 0 fully saturated rings. The first-order valence-electron chi connectivity index (χ1n) is 2.91. The molecule has 3 heteroatoms. The summed E-state index contributed by atoms with van der Waals surface area (Å²) in [6.07, 6.45) is 2.08. The van der Waals surface area contributed by atoms with Gasteiger partial charge in [-0.1, -0.05) is 0 Å². The largest absolute Gasteiger partial charge is 0.265 e. The minimum atomic E-state index is 0.151. The number of rotatable bonds is 0. The van der Waals surface area contributed by atoms with Gasteiger partial charge in [-0.15, -0.1) is 23.5 Å².